The fraction of sp³-hybridized carbons (Fsp3) is 0.500. The van der Waals surface area contributed by atoms with Crippen LogP contribution in [0.25, 0.3) is 0 Å². The molecule has 2 fully saturated rings. The quantitative estimate of drug-likeness (QED) is 0.776. The van der Waals surface area contributed by atoms with Crippen molar-refractivity contribution in [3.63, 3.8) is 0 Å². The first-order chi connectivity index (χ1) is 10.6. The van der Waals surface area contributed by atoms with Gasteiger partial charge in [0.15, 0.2) is 0 Å². The fourth-order valence-electron chi connectivity index (χ4n) is 3.28. The van der Waals surface area contributed by atoms with E-state index in [0.29, 0.717) is 24.7 Å². The van der Waals surface area contributed by atoms with Crippen molar-refractivity contribution in [1.29, 1.82) is 0 Å². The molecule has 0 unspecified atom stereocenters. The van der Waals surface area contributed by atoms with Crippen LogP contribution in [0.4, 0.5) is 0 Å². The molecule has 120 valence electrons. The molecule has 0 amide bonds. The van der Waals surface area contributed by atoms with Crippen molar-refractivity contribution in [1.82, 2.24) is 4.31 Å². The molecule has 1 aromatic carbocycles. The van der Waals surface area contributed by atoms with E-state index in [-0.39, 0.29) is 18.2 Å². The second-order valence-corrected chi connectivity index (χ2v) is 7.46. The molecule has 2 aliphatic rings. The Morgan fingerprint density at radius 3 is 2.82 bits per heavy atom. The molecule has 1 aliphatic carbocycles. The summed E-state index contributed by atoms with van der Waals surface area (Å²) in [4.78, 5) is 0.322. The molecule has 0 spiro atoms. The number of nitrogens with zero attached hydrogens (tertiary/aromatic N) is 1. The van der Waals surface area contributed by atoms with E-state index in [1.807, 2.05) is 6.07 Å². The van der Waals surface area contributed by atoms with Crippen molar-refractivity contribution in [3.05, 3.63) is 43.0 Å². The van der Waals surface area contributed by atoms with Crippen LogP contribution in [-0.2, 0) is 19.5 Å². The standard InChI is InChI=1S/C16H21NO4S/c1-2-11-21-16-14-8-9-15(16)20-12-10-17(14)22(18,19)13-6-4-3-5-7-13/h2-7,14-16H,1,8-12H2/t14-,15-,16-/m1/s1. The second-order valence-electron chi connectivity index (χ2n) is 5.57. The van der Waals surface area contributed by atoms with Gasteiger partial charge < -0.3 is 9.47 Å². The molecule has 6 heteroatoms. The summed E-state index contributed by atoms with van der Waals surface area (Å²) in [6.45, 7) is 4.83. The van der Waals surface area contributed by atoms with Gasteiger partial charge in [-0.15, -0.1) is 6.58 Å². The minimum absolute atomic E-state index is 0.0269. The highest BCUT2D eigenvalue weighted by molar-refractivity contribution is 7.89. The van der Waals surface area contributed by atoms with Crippen LogP contribution in [0.2, 0.25) is 0 Å². The van der Waals surface area contributed by atoms with Crippen molar-refractivity contribution < 1.29 is 17.9 Å². The Balaban J connectivity index is 1.90. The van der Waals surface area contributed by atoms with Crippen molar-refractivity contribution in [2.24, 2.45) is 0 Å². The van der Waals surface area contributed by atoms with Crippen LogP contribution in [0.5, 0.6) is 0 Å². The van der Waals surface area contributed by atoms with Gasteiger partial charge in [0.1, 0.15) is 6.10 Å². The number of rotatable bonds is 5. The molecular weight excluding hydrogens is 302 g/mol. The summed E-state index contributed by atoms with van der Waals surface area (Å²) < 4.78 is 39.1. The third kappa shape index (κ3) is 2.84. The smallest absolute Gasteiger partial charge is 0.243 e. The summed E-state index contributed by atoms with van der Waals surface area (Å²) in [6, 6.07) is 8.39. The topological polar surface area (TPSA) is 55.8 Å². The zero-order valence-corrected chi connectivity index (χ0v) is 13.2. The van der Waals surface area contributed by atoms with Crippen LogP contribution in [0.1, 0.15) is 12.8 Å². The lowest BCUT2D eigenvalue weighted by Crippen LogP contribution is -2.46. The van der Waals surface area contributed by atoms with Crippen LogP contribution >= 0.6 is 0 Å². The van der Waals surface area contributed by atoms with Gasteiger partial charge in [-0.3, -0.25) is 0 Å². The highest BCUT2D eigenvalue weighted by Gasteiger charge is 2.47. The van der Waals surface area contributed by atoms with E-state index in [0.717, 1.165) is 12.8 Å². The molecule has 1 aliphatic heterocycles. The number of hydrogen-bond donors (Lipinski definition) is 0. The summed E-state index contributed by atoms with van der Waals surface area (Å²) in [7, 11) is -3.53. The largest absolute Gasteiger partial charge is 0.374 e. The third-order valence-electron chi connectivity index (χ3n) is 4.26. The van der Waals surface area contributed by atoms with Gasteiger partial charge in [0.05, 0.1) is 30.3 Å². The van der Waals surface area contributed by atoms with Crippen molar-refractivity contribution >= 4 is 10.0 Å². The van der Waals surface area contributed by atoms with E-state index >= 15 is 0 Å². The Labute approximate surface area is 131 Å². The maximum atomic E-state index is 12.9. The first-order valence-corrected chi connectivity index (χ1v) is 8.99. The number of fused-ring (bicyclic) bond motifs is 2. The predicted octanol–water partition coefficient (Wildman–Crippen LogP) is 1.81. The average molecular weight is 323 g/mol. The van der Waals surface area contributed by atoms with E-state index in [1.165, 1.54) is 0 Å². The Hall–Kier alpha value is -1.21. The van der Waals surface area contributed by atoms with E-state index in [1.54, 1.807) is 34.6 Å². The lowest BCUT2D eigenvalue weighted by Gasteiger charge is -2.30. The highest BCUT2D eigenvalue weighted by Crippen LogP contribution is 2.35. The van der Waals surface area contributed by atoms with E-state index < -0.39 is 10.0 Å². The molecule has 1 heterocycles. The minimum Gasteiger partial charge on any atom is -0.374 e. The lowest BCUT2D eigenvalue weighted by molar-refractivity contribution is -0.0421. The van der Waals surface area contributed by atoms with Crippen LogP contribution in [0.3, 0.4) is 0 Å². The van der Waals surface area contributed by atoms with Crippen LogP contribution < -0.4 is 0 Å². The molecule has 3 atom stereocenters. The van der Waals surface area contributed by atoms with Gasteiger partial charge in [0, 0.05) is 6.54 Å². The normalized spacial score (nSPS) is 29.2. The zero-order chi connectivity index (χ0) is 15.6. The van der Waals surface area contributed by atoms with Gasteiger partial charge in [0.2, 0.25) is 10.0 Å². The summed E-state index contributed by atoms with van der Waals surface area (Å²) in [5, 5.41) is 0. The monoisotopic (exact) mass is 323 g/mol. The number of hydrogen-bond acceptors (Lipinski definition) is 4. The number of benzene rings is 1. The zero-order valence-electron chi connectivity index (χ0n) is 12.4. The molecule has 1 aromatic rings. The van der Waals surface area contributed by atoms with E-state index in [2.05, 4.69) is 6.58 Å². The van der Waals surface area contributed by atoms with Gasteiger partial charge in [-0.25, -0.2) is 8.42 Å². The summed E-state index contributed by atoms with van der Waals surface area (Å²) in [6.07, 6.45) is 3.02. The summed E-state index contributed by atoms with van der Waals surface area (Å²) >= 11 is 0. The number of ether oxygens (including phenoxy) is 2. The highest BCUT2D eigenvalue weighted by atomic mass is 32.2. The Kier molecular flexibility index (Phi) is 4.63. The van der Waals surface area contributed by atoms with Crippen molar-refractivity contribution in [2.45, 2.75) is 36.0 Å². The molecule has 2 bridgehead atoms. The first kappa shape index (κ1) is 15.7. The van der Waals surface area contributed by atoms with Gasteiger partial charge >= 0.3 is 0 Å². The molecule has 0 aromatic heterocycles. The maximum absolute atomic E-state index is 12.9. The van der Waals surface area contributed by atoms with Gasteiger partial charge in [-0.2, -0.15) is 4.31 Å². The van der Waals surface area contributed by atoms with E-state index in [9.17, 15) is 8.42 Å². The molecule has 5 nitrogen and oxygen atoms in total. The third-order valence-corrected chi connectivity index (χ3v) is 6.20. The Bertz CT molecular complexity index is 616. The van der Waals surface area contributed by atoms with Crippen LogP contribution in [0.15, 0.2) is 47.9 Å². The minimum atomic E-state index is -3.53. The maximum Gasteiger partial charge on any atom is 0.243 e. The predicted molar refractivity (Wildman–Crippen MR) is 83.0 cm³/mol. The average Bonchev–Trinajstić information content (AvgIpc) is 2.80. The van der Waals surface area contributed by atoms with Gasteiger partial charge in [0.25, 0.3) is 0 Å². The molecule has 1 saturated carbocycles. The summed E-state index contributed by atoms with van der Waals surface area (Å²) in [5.74, 6) is 0. The molecule has 0 radical (unpaired) electrons. The van der Waals surface area contributed by atoms with Crippen molar-refractivity contribution in [3.8, 4) is 0 Å². The molecule has 22 heavy (non-hydrogen) atoms. The molecule has 3 rings (SSSR count). The summed E-state index contributed by atoms with van der Waals surface area (Å²) in [5.41, 5.74) is 0. The van der Waals surface area contributed by atoms with Gasteiger partial charge in [-0.05, 0) is 25.0 Å². The van der Waals surface area contributed by atoms with Gasteiger partial charge in [-0.1, -0.05) is 24.3 Å². The molecular formula is C16H21NO4S. The number of sulfonamides is 1. The molecule has 0 N–H and O–H groups in total. The van der Waals surface area contributed by atoms with Crippen LogP contribution in [-0.4, -0.2) is 50.7 Å². The first-order valence-electron chi connectivity index (χ1n) is 7.55. The second kappa shape index (κ2) is 6.50. The van der Waals surface area contributed by atoms with Crippen LogP contribution in [0, 0.1) is 0 Å². The lowest BCUT2D eigenvalue weighted by atomic mass is 10.2. The van der Waals surface area contributed by atoms with E-state index in [4.69, 9.17) is 9.47 Å². The Morgan fingerprint density at radius 1 is 1.32 bits per heavy atom. The Morgan fingerprint density at radius 2 is 2.09 bits per heavy atom. The fourth-order valence-corrected chi connectivity index (χ4v) is 4.95. The van der Waals surface area contributed by atoms with Crippen molar-refractivity contribution in [2.75, 3.05) is 19.8 Å². The SMILES string of the molecule is C=CCO[C@@H]1[C@H]2CC[C@H]1OCCN2S(=O)(=O)c1ccccc1. The molecule has 1 saturated heterocycles.